The lowest BCUT2D eigenvalue weighted by Gasteiger charge is -2.08. The highest BCUT2D eigenvalue weighted by atomic mass is 16.5. The zero-order valence-corrected chi connectivity index (χ0v) is 14.4. The van der Waals surface area contributed by atoms with Crippen LogP contribution in [0.15, 0.2) is 54.6 Å². The number of nitrogens with one attached hydrogen (secondary N) is 1. The van der Waals surface area contributed by atoms with Gasteiger partial charge in [0, 0.05) is 17.5 Å². The smallest absolute Gasteiger partial charge is 0.243 e. The summed E-state index contributed by atoms with van der Waals surface area (Å²) in [7, 11) is 1.66. The lowest BCUT2D eigenvalue weighted by Crippen LogP contribution is -2.31. The van der Waals surface area contributed by atoms with Gasteiger partial charge in [-0.05, 0) is 23.3 Å². The third-order valence-corrected chi connectivity index (χ3v) is 4.45. The van der Waals surface area contributed by atoms with Crippen LogP contribution in [0, 0.1) is 0 Å². The Morgan fingerprint density at radius 3 is 2.77 bits per heavy atom. The van der Waals surface area contributed by atoms with Crippen molar-refractivity contribution in [3.63, 3.8) is 0 Å². The molecule has 1 fully saturated rings. The first-order valence-electron chi connectivity index (χ1n) is 8.50. The molecule has 1 N–H and O–H groups in total. The number of carbonyl (C=O) groups excluding carboxylic acids is 1. The molecule has 132 valence electrons. The van der Waals surface area contributed by atoms with E-state index >= 15 is 0 Å². The minimum absolute atomic E-state index is 0.0506. The summed E-state index contributed by atoms with van der Waals surface area (Å²) in [5.41, 5.74) is 2.00. The first-order valence-corrected chi connectivity index (χ1v) is 8.50. The van der Waals surface area contributed by atoms with Gasteiger partial charge in [0.25, 0.3) is 0 Å². The molecule has 0 saturated heterocycles. The third-order valence-electron chi connectivity index (χ3n) is 4.45. The number of nitrogens with zero attached hydrogens (tertiary/aromatic N) is 4. The van der Waals surface area contributed by atoms with Crippen LogP contribution in [0.3, 0.4) is 0 Å². The van der Waals surface area contributed by atoms with E-state index in [1.807, 2.05) is 54.6 Å². The van der Waals surface area contributed by atoms with E-state index in [4.69, 9.17) is 4.74 Å². The molecule has 2 aromatic carbocycles. The molecule has 1 heterocycles. The van der Waals surface area contributed by atoms with E-state index in [9.17, 15) is 4.79 Å². The number of aromatic nitrogens is 4. The fraction of sp³-hybridized carbons (Fsp3) is 0.263. The van der Waals surface area contributed by atoms with E-state index in [2.05, 4.69) is 20.7 Å². The van der Waals surface area contributed by atoms with Crippen LogP contribution >= 0.6 is 0 Å². The quantitative estimate of drug-likeness (QED) is 0.736. The van der Waals surface area contributed by atoms with Gasteiger partial charge in [0.15, 0.2) is 0 Å². The fourth-order valence-corrected chi connectivity index (χ4v) is 3.06. The molecule has 1 aromatic heterocycles. The minimum atomic E-state index is -0.121. The van der Waals surface area contributed by atoms with Crippen LogP contribution in [0.1, 0.15) is 17.9 Å². The normalized spacial score (nSPS) is 18.3. The maximum Gasteiger partial charge on any atom is 0.243 e. The Balaban J connectivity index is 1.35. The number of hydrogen-bond donors (Lipinski definition) is 1. The van der Waals surface area contributed by atoms with Crippen LogP contribution in [-0.2, 0) is 11.3 Å². The minimum Gasteiger partial charge on any atom is -0.496 e. The summed E-state index contributed by atoms with van der Waals surface area (Å²) in [4.78, 5) is 13.6. The molecule has 3 aromatic rings. The molecule has 0 aliphatic heterocycles. The molecule has 0 unspecified atom stereocenters. The molecule has 0 radical (unpaired) electrons. The maximum atomic E-state index is 12.3. The van der Waals surface area contributed by atoms with Crippen molar-refractivity contribution in [2.75, 3.05) is 7.11 Å². The van der Waals surface area contributed by atoms with E-state index in [0.717, 1.165) is 23.3 Å². The molecule has 7 nitrogen and oxygen atoms in total. The summed E-state index contributed by atoms with van der Waals surface area (Å²) in [6, 6.07) is 17.6. The summed E-state index contributed by atoms with van der Waals surface area (Å²) in [6.45, 7) is 0.0506. The van der Waals surface area contributed by atoms with Gasteiger partial charge in [0.05, 0.1) is 7.11 Å². The Bertz CT molecular complexity index is 909. The number of rotatable bonds is 6. The van der Waals surface area contributed by atoms with Gasteiger partial charge in [-0.3, -0.25) is 4.79 Å². The zero-order valence-electron chi connectivity index (χ0n) is 14.4. The highest BCUT2D eigenvalue weighted by Crippen LogP contribution is 2.44. The monoisotopic (exact) mass is 349 g/mol. The van der Waals surface area contributed by atoms with Crippen molar-refractivity contribution in [1.82, 2.24) is 25.5 Å². The predicted molar refractivity (Wildman–Crippen MR) is 95.5 cm³/mol. The molecule has 1 aliphatic rings. The second kappa shape index (κ2) is 6.95. The van der Waals surface area contributed by atoms with Crippen molar-refractivity contribution in [2.24, 2.45) is 0 Å². The van der Waals surface area contributed by atoms with Crippen LogP contribution in [0.2, 0.25) is 0 Å². The van der Waals surface area contributed by atoms with Gasteiger partial charge in [-0.1, -0.05) is 48.5 Å². The van der Waals surface area contributed by atoms with Gasteiger partial charge in [0.1, 0.15) is 12.3 Å². The van der Waals surface area contributed by atoms with Crippen molar-refractivity contribution < 1.29 is 9.53 Å². The lowest BCUT2D eigenvalue weighted by molar-refractivity contribution is -0.122. The van der Waals surface area contributed by atoms with Crippen molar-refractivity contribution in [3.05, 3.63) is 60.2 Å². The van der Waals surface area contributed by atoms with Crippen molar-refractivity contribution in [3.8, 4) is 17.1 Å². The summed E-state index contributed by atoms with van der Waals surface area (Å²) < 4.78 is 5.40. The standard InChI is InChI=1S/C19H19N5O2/c1-26-17-10-6-5-9-14(17)15-11-16(15)20-18(25)12-24-22-19(21-23-24)13-7-3-2-4-8-13/h2-10,15-16H,11-12H2,1H3,(H,20,25)/t15-,16+/m1/s1. The second-order valence-corrected chi connectivity index (χ2v) is 6.27. The Hall–Kier alpha value is -3.22. The summed E-state index contributed by atoms with van der Waals surface area (Å²) >= 11 is 0. The average Bonchev–Trinajstić information content (AvgIpc) is 3.27. The molecule has 2 atom stereocenters. The van der Waals surface area contributed by atoms with Gasteiger partial charge < -0.3 is 10.1 Å². The Morgan fingerprint density at radius 1 is 1.19 bits per heavy atom. The van der Waals surface area contributed by atoms with Crippen molar-refractivity contribution in [1.29, 1.82) is 0 Å². The average molecular weight is 349 g/mol. The van der Waals surface area contributed by atoms with Crippen molar-refractivity contribution >= 4 is 5.91 Å². The molecule has 7 heteroatoms. The van der Waals surface area contributed by atoms with Crippen LogP contribution in [0.5, 0.6) is 5.75 Å². The first-order chi connectivity index (χ1) is 12.7. The number of benzene rings is 2. The molecule has 0 bridgehead atoms. The summed E-state index contributed by atoms with van der Waals surface area (Å²) in [6.07, 6.45) is 0.909. The molecule has 26 heavy (non-hydrogen) atoms. The second-order valence-electron chi connectivity index (χ2n) is 6.27. The SMILES string of the molecule is COc1ccccc1[C@H]1C[C@@H]1NC(=O)Cn1nnc(-c2ccccc2)n1. The lowest BCUT2D eigenvalue weighted by atomic mass is 10.1. The number of methoxy groups -OCH3 is 1. The van der Waals surface area contributed by atoms with E-state index in [1.165, 1.54) is 4.80 Å². The van der Waals surface area contributed by atoms with Gasteiger partial charge in [0.2, 0.25) is 11.7 Å². The summed E-state index contributed by atoms with van der Waals surface area (Å²) in [5, 5.41) is 15.3. The molecule has 4 rings (SSSR count). The molecule has 1 aliphatic carbocycles. The topological polar surface area (TPSA) is 81.9 Å². The largest absolute Gasteiger partial charge is 0.496 e. The maximum absolute atomic E-state index is 12.3. The number of carbonyl (C=O) groups is 1. The van der Waals surface area contributed by atoms with E-state index in [1.54, 1.807) is 7.11 Å². The van der Waals surface area contributed by atoms with Crippen molar-refractivity contribution in [2.45, 2.75) is 24.9 Å². The Morgan fingerprint density at radius 2 is 1.96 bits per heavy atom. The van der Waals surface area contributed by atoms with Crippen LogP contribution in [-0.4, -0.2) is 39.3 Å². The number of amides is 1. The predicted octanol–water partition coefficient (Wildman–Crippen LogP) is 2.02. The third kappa shape index (κ3) is 3.42. The first kappa shape index (κ1) is 16.3. The molecular formula is C19H19N5O2. The Labute approximate surface area is 151 Å². The molecular weight excluding hydrogens is 330 g/mol. The van der Waals surface area contributed by atoms with Gasteiger partial charge >= 0.3 is 0 Å². The number of hydrogen-bond acceptors (Lipinski definition) is 5. The van der Waals surface area contributed by atoms with E-state index < -0.39 is 0 Å². The number of ether oxygens (including phenoxy) is 1. The molecule has 1 amide bonds. The summed E-state index contributed by atoms with van der Waals surface area (Å²) in [5.74, 6) is 1.54. The Kier molecular flexibility index (Phi) is 4.35. The fourth-order valence-electron chi connectivity index (χ4n) is 3.06. The molecule has 1 saturated carbocycles. The molecule has 0 spiro atoms. The van der Waals surface area contributed by atoms with Gasteiger partial charge in [-0.25, -0.2) is 0 Å². The van der Waals surface area contributed by atoms with Gasteiger partial charge in [-0.15, -0.1) is 10.2 Å². The highest BCUT2D eigenvalue weighted by molar-refractivity contribution is 5.76. The van der Waals surface area contributed by atoms with Gasteiger partial charge in [-0.2, -0.15) is 4.80 Å². The number of tetrazole rings is 1. The number of para-hydroxylation sites is 1. The van der Waals surface area contributed by atoms with Crippen LogP contribution < -0.4 is 10.1 Å². The van der Waals surface area contributed by atoms with Crippen LogP contribution in [0.4, 0.5) is 0 Å². The van der Waals surface area contributed by atoms with E-state index in [0.29, 0.717) is 11.7 Å². The van der Waals surface area contributed by atoms with Crippen LogP contribution in [0.25, 0.3) is 11.4 Å². The van der Waals surface area contributed by atoms with E-state index in [-0.39, 0.29) is 18.5 Å². The zero-order chi connectivity index (χ0) is 17.9. The highest BCUT2D eigenvalue weighted by Gasteiger charge is 2.41.